The molecule has 3 rings (SSSR count). The van der Waals surface area contributed by atoms with E-state index in [2.05, 4.69) is 6.07 Å². The normalized spacial score (nSPS) is 10.6. The quantitative estimate of drug-likeness (QED) is 0.633. The summed E-state index contributed by atoms with van der Waals surface area (Å²) < 4.78 is 6.76. The maximum absolute atomic E-state index is 8.94. The van der Waals surface area contributed by atoms with Crippen LogP contribution in [0.1, 0.15) is 10.6 Å². The van der Waals surface area contributed by atoms with E-state index < -0.39 is 0 Å². The van der Waals surface area contributed by atoms with Crippen molar-refractivity contribution >= 4 is 21.4 Å². The van der Waals surface area contributed by atoms with Gasteiger partial charge < -0.3 is 4.42 Å². The van der Waals surface area contributed by atoms with Crippen LogP contribution in [0.3, 0.4) is 0 Å². The zero-order valence-corrected chi connectivity index (χ0v) is 10.0. The zero-order chi connectivity index (χ0) is 11.8. The van der Waals surface area contributed by atoms with Gasteiger partial charge in [0.05, 0.1) is 0 Å². The lowest BCUT2D eigenvalue weighted by molar-refractivity contribution is 0.549. The van der Waals surface area contributed by atoms with Crippen molar-refractivity contribution in [2.75, 3.05) is 0 Å². The standard InChI is InChI=1S/C14H9NOS/c1-9-5-6-13(16-9)11-3-2-4-14-12(11)7-10(8-15)17-14/h2-7H,1H3. The second kappa shape index (κ2) is 3.76. The molecule has 2 aromatic heterocycles. The van der Waals surface area contributed by atoms with Crippen molar-refractivity contribution < 1.29 is 4.42 Å². The third-order valence-corrected chi connectivity index (χ3v) is 3.68. The van der Waals surface area contributed by atoms with Crippen LogP contribution in [0.2, 0.25) is 0 Å². The average molecular weight is 239 g/mol. The Kier molecular flexibility index (Phi) is 2.24. The lowest BCUT2D eigenvalue weighted by atomic mass is 10.1. The number of aryl methyl sites for hydroxylation is 1. The van der Waals surface area contributed by atoms with E-state index in [4.69, 9.17) is 9.68 Å². The summed E-state index contributed by atoms with van der Waals surface area (Å²) in [4.78, 5) is 0.732. The van der Waals surface area contributed by atoms with Crippen LogP contribution in [-0.2, 0) is 0 Å². The van der Waals surface area contributed by atoms with E-state index in [9.17, 15) is 0 Å². The lowest BCUT2D eigenvalue weighted by Gasteiger charge is -1.98. The third kappa shape index (κ3) is 1.63. The molecule has 0 aliphatic carbocycles. The van der Waals surface area contributed by atoms with Gasteiger partial charge in [-0.15, -0.1) is 11.3 Å². The van der Waals surface area contributed by atoms with Gasteiger partial charge in [0.15, 0.2) is 0 Å². The molecule has 3 aromatic rings. The molecular formula is C14H9NOS. The third-order valence-electron chi connectivity index (χ3n) is 2.68. The van der Waals surface area contributed by atoms with Gasteiger partial charge in [-0.2, -0.15) is 5.26 Å². The molecule has 0 unspecified atom stereocenters. The molecule has 0 bridgehead atoms. The minimum atomic E-state index is 0.732. The SMILES string of the molecule is Cc1ccc(-c2cccc3sc(C#N)cc23)o1. The maximum Gasteiger partial charge on any atom is 0.134 e. The Morgan fingerprint density at radius 1 is 1.24 bits per heavy atom. The number of thiophene rings is 1. The van der Waals surface area contributed by atoms with E-state index in [0.29, 0.717) is 0 Å². The molecule has 0 aliphatic rings. The van der Waals surface area contributed by atoms with E-state index in [1.54, 1.807) is 0 Å². The van der Waals surface area contributed by atoms with Crippen LogP contribution in [0.25, 0.3) is 21.4 Å². The van der Waals surface area contributed by atoms with Gasteiger partial charge in [0.25, 0.3) is 0 Å². The first kappa shape index (κ1) is 10.1. The van der Waals surface area contributed by atoms with Crippen LogP contribution in [0.4, 0.5) is 0 Å². The van der Waals surface area contributed by atoms with E-state index in [1.807, 2.05) is 43.3 Å². The molecule has 0 amide bonds. The maximum atomic E-state index is 8.94. The van der Waals surface area contributed by atoms with Crippen molar-refractivity contribution in [3.8, 4) is 17.4 Å². The van der Waals surface area contributed by atoms with Gasteiger partial charge in [-0.05, 0) is 31.2 Å². The van der Waals surface area contributed by atoms with Crippen LogP contribution in [0, 0.1) is 18.3 Å². The molecule has 0 radical (unpaired) electrons. The number of benzene rings is 1. The number of fused-ring (bicyclic) bond motifs is 1. The fourth-order valence-electron chi connectivity index (χ4n) is 1.91. The van der Waals surface area contributed by atoms with Crippen molar-refractivity contribution in [2.45, 2.75) is 6.92 Å². The molecule has 17 heavy (non-hydrogen) atoms. The number of hydrogen-bond donors (Lipinski definition) is 0. The predicted molar refractivity (Wildman–Crippen MR) is 69.0 cm³/mol. The summed E-state index contributed by atoms with van der Waals surface area (Å²) in [7, 11) is 0. The van der Waals surface area contributed by atoms with Crippen molar-refractivity contribution in [3.05, 3.63) is 47.0 Å². The van der Waals surface area contributed by atoms with Gasteiger partial charge in [0, 0.05) is 15.6 Å². The molecule has 2 nitrogen and oxygen atoms in total. The molecule has 2 heterocycles. The van der Waals surface area contributed by atoms with E-state index in [-0.39, 0.29) is 0 Å². The van der Waals surface area contributed by atoms with Crippen LogP contribution >= 0.6 is 11.3 Å². The van der Waals surface area contributed by atoms with Crippen molar-refractivity contribution in [1.82, 2.24) is 0 Å². The van der Waals surface area contributed by atoms with Crippen LogP contribution < -0.4 is 0 Å². The highest BCUT2D eigenvalue weighted by Crippen LogP contribution is 2.34. The average Bonchev–Trinajstić information content (AvgIpc) is 2.93. The molecule has 0 aliphatic heterocycles. The number of hydrogen-bond acceptors (Lipinski definition) is 3. The van der Waals surface area contributed by atoms with Crippen molar-refractivity contribution in [2.24, 2.45) is 0 Å². The first-order valence-electron chi connectivity index (χ1n) is 5.27. The number of nitrogens with zero attached hydrogens (tertiary/aromatic N) is 1. The monoisotopic (exact) mass is 239 g/mol. The van der Waals surface area contributed by atoms with Crippen LogP contribution in [0.5, 0.6) is 0 Å². The van der Waals surface area contributed by atoms with Gasteiger partial charge in [0.2, 0.25) is 0 Å². The largest absolute Gasteiger partial charge is 0.461 e. The summed E-state index contributed by atoms with van der Waals surface area (Å²) in [5.41, 5.74) is 1.05. The molecule has 1 aromatic carbocycles. The first-order chi connectivity index (χ1) is 8.28. The molecule has 0 atom stereocenters. The van der Waals surface area contributed by atoms with Gasteiger partial charge in [-0.25, -0.2) is 0 Å². The fraction of sp³-hybridized carbons (Fsp3) is 0.0714. The first-order valence-corrected chi connectivity index (χ1v) is 6.09. The summed E-state index contributed by atoms with van der Waals surface area (Å²) >= 11 is 1.51. The summed E-state index contributed by atoms with van der Waals surface area (Å²) in [6, 6.07) is 14.1. The smallest absolute Gasteiger partial charge is 0.134 e. The van der Waals surface area contributed by atoms with E-state index in [0.717, 1.165) is 32.0 Å². The number of furan rings is 1. The topological polar surface area (TPSA) is 36.9 Å². The Labute approximate surface area is 103 Å². The summed E-state index contributed by atoms with van der Waals surface area (Å²) in [5, 5.41) is 10.0. The molecule has 0 N–H and O–H groups in total. The molecular weight excluding hydrogens is 230 g/mol. The Balaban J connectivity index is 2.29. The zero-order valence-electron chi connectivity index (χ0n) is 9.23. The van der Waals surface area contributed by atoms with Crippen LogP contribution in [-0.4, -0.2) is 0 Å². The molecule has 82 valence electrons. The van der Waals surface area contributed by atoms with E-state index in [1.165, 1.54) is 11.3 Å². The molecule has 3 heteroatoms. The summed E-state index contributed by atoms with van der Waals surface area (Å²) in [6.45, 7) is 1.93. The second-order valence-corrected chi connectivity index (χ2v) is 4.93. The fourth-order valence-corrected chi connectivity index (χ4v) is 2.79. The Morgan fingerprint density at radius 2 is 2.12 bits per heavy atom. The molecule has 0 saturated heterocycles. The molecule has 0 saturated carbocycles. The van der Waals surface area contributed by atoms with Gasteiger partial charge in [0.1, 0.15) is 22.5 Å². The van der Waals surface area contributed by atoms with Gasteiger partial charge >= 0.3 is 0 Å². The van der Waals surface area contributed by atoms with Crippen molar-refractivity contribution in [1.29, 1.82) is 5.26 Å². The van der Waals surface area contributed by atoms with Gasteiger partial charge in [-0.3, -0.25) is 0 Å². The number of nitriles is 1. The minimum Gasteiger partial charge on any atom is -0.461 e. The minimum absolute atomic E-state index is 0.732. The van der Waals surface area contributed by atoms with Crippen molar-refractivity contribution in [3.63, 3.8) is 0 Å². The Bertz CT molecular complexity index is 730. The van der Waals surface area contributed by atoms with E-state index >= 15 is 0 Å². The highest BCUT2D eigenvalue weighted by Gasteiger charge is 2.09. The number of rotatable bonds is 1. The van der Waals surface area contributed by atoms with Crippen LogP contribution in [0.15, 0.2) is 40.8 Å². The lowest BCUT2D eigenvalue weighted by Crippen LogP contribution is -1.74. The summed E-state index contributed by atoms with van der Waals surface area (Å²) in [5.74, 6) is 1.75. The highest BCUT2D eigenvalue weighted by atomic mass is 32.1. The Morgan fingerprint density at radius 3 is 2.82 bits per heavy atom. The highest BCUT2D eigenvalue weighted by molar-refractivity contribution is 7.19. The summed E-state index contributed by atoms with van der Waals surface area (Å²) in [6.07, 6.45) is 0. The predicted octanol–water partition coefficient (Wildman–Crippen LogP) is 4.34. The molecule has 0 spiro atoms. The second-order valence-electron chi connectivity index (χ2n) is 3.85. The molecule has 0 fully saturated rings. The van der Waals surface area contributed by atoms with Gasteiger partial charge in [-0.1, -0.05) is 12.1 Å². The Hall–Kier alpha value is -2.05.